The minimum Gasteiger partial charge on any atom is -0.369 e. The maximum Gasteiger partial charge on any atom is 0.227 e. The van der Waals surface area contributed by atoms with Crippen molar-refractivity contribution in [1.29, 1.82) is 0 Å². The van der Waals surface area contributed by atoms with Crippen molar-refractivity contribution in [3.8, 4) is 22.5 Å². The van der Waals surface area contributed by atoms with Gasteiger partial charge in [-0.15, -0.1) is 0 Å². The van der Waals surface area contributed by atoms with Crippen LogP contribution in [0.2, 0.25) is 0 Å². The Hall–Kier alpha value is -3.71. The zero-order valence-electron chi connectivity index (χ0n) is 19.1. The first-order valence-corrected chi connectivity index (χ1v) is 11.5. The lowest BCUT2D eigenvalue weighted by Crippen LogP contribution is -2.44. The number of hydrogen-bond donors (Lipinski definition) is 2. The monoisotopic (exact) mass is 439 g/mol. The Balaban J connectivity index is 1.33. The summed E-state index contributed by atoms with van der Waals surface area (Å²) in [6.07, 6.45) is 4.62. The van der Waals surface area contributed by atoms with E-state index < -0.39 is 0 Å². The first kappa shape index (κ1) is 21.2. The average Bonchev–Trinajstić information content (AvgIpc) is 3.35. The normalized spacial score (nSPS) is 14.4. The molecule has 2 N–H and O–H groups in total. The van der Waals surface area contributed by atoms with E-state index in [1.54, 1.807) is 6.20 Å². The van der Waals surface area contributed by atoms with Crippen molar-refractivity contribution in [3.05, 3.63) is 72.6 Å². The molecule has 2 aromatic heterocycles. The first-order valence-electron chi connectivity index (χ1n) is 11.5. The van der Waals surface area contributed by atoms with E-state index in [-0.39, 0.29) is 0 Å². The summed E-state index contributed by atoms with van der Waals surface area (Å²) in [5.41, 5.74) is 7.35. The van der Waals surface area contributed by atoms with Crippen LogP contribution in [0.25, 0.3) is 22.5 Å². The molecule has 7 nitrogen and oxygen atoms in total. The van der Waals surface area contributed by atoms with Crippen molar-refractivity contribution in [2.45, 2.75) is 13.3 Å². The second-order valence-electron chi connectivity index (χ2n) is 8.44. The molecule has 0 radical (unpaired) electrons. The molecular weight excluding hydrogens is 410 g/mol. The highest BCUT2D eigenvalue weighted by atomic mass is 15.2. The number of aryl methyl sites for hydroxylation is 1. The number of hydrogen-bond acceptors (Lipinski definition) is 6. The zero-order chi connectivity index (χ0) is 22.6. The summed E-state index contributed by atoms with van der Waals surface area (Å²) in [6, 6.07) is 19.0. The molecule has 1 aliphatic heterocycles. The van der Waals surface area contributed by atoms with Gasteiger partial charge in [0, 0.05) is 54.9 Å². The van der Waals surface area contributed by atoms with Crippen LogP contribution in [0.1, 0.15) is 12.5 Å². The Kier molecular flexibility index (Phi) is 6.04. The molecule has 168 valence electrons. The molecule has 0 amide bonds. The Bertz CT molecular complexity index is 1190. The van der Waals surface area contributed by atoms with Gasteiger partial charge < -0.3 is 15.1 Å². The molecule has 0 spiro atoms. The lowest BCUT2D eigenvalue weighted by atomic mass is 10.0. The molecule has 1 saturated heterocycles. The summed E-state index contributed by atoms with van der Waals surface area (Å²) in [5, 5.41) is 10.7. The van der Waals surface area contributed by atoms with Gasteiger partial charge in [-0.05, 0) is 49.4 Å². The SMILES string of the molecule is CCc1ccc(-c2[nH]ncc2-c2ccnc(Nc3ccc(N4CCN(C)CC4)cc3)n2)cc1. The number of nitrogens with zero attached hydrogens (tertiary/aromatic N) is 5. The summed E-state index contributed by atoms with van der Waals surface area (Å²) in [5.74, 6) is 0.563. The van der Waals surface area contributed by atoms with Gasteiger partial charge in [0.05, 0.1) is 17.6 Å². The van der Waals surface area contributed by atoms with E-state index in [0.717, 1.165) is 60.8 Å². The minimum atomic E-state index is 0.563. The second-order valence-corrected chi connectivity index (χ2v) is 8.44. The highest BCUT2D eigenvalue weighted by molar-refractivity contribution is 5.79. The van der Waals surface area contributed by atoms with E-state index in [1.807, 2.05) is 12.3 Å². The van der Waals surface area contributed by atoms with Crippen LogP contribution >= 0.6 is 0 Å². The van der Waals surface area contributed by atoms with Crippen molar-refractivity contribution < 1.29 is 0 Å². The molecule has 0 saturated carbocycles. The third-order valence-electron chi connectivity index (χ3n) is 6.21. The topological polar surface area (TPSA) is 73.0 Å². The summed E-state index contributed by atoms with van der Waals surface area (Å²) >= 11 is 0. The van der Waals surface area contributed by atoms with Crippen LogP contribution in [-0.2, 0) is 6.42 Å². The lowest BCUT2D eigenvalue weighted by Gasteiger charge is -2.34. The van der Waals surface area contributed by atoms with Crippen LogP contribution in [0.4, 0.5) is 17.3 Å². The Morgan fingerprint density at radius 2 is 1.70 bits per heavy atom. The van der Waals surface area contributed by atoms with Gasteiger partial charge in [-0.2, -0.15) is 5.10 Å². The van der Waals surface area contributed by atoms with Crippen LogP contribution in [0.5, 0.6) is 0 Å². The van der Waals surface area contributed by atoms with Gasteiger partial charge in [0.25, 0.3) is 0 Å². The fraction of sp³-hybridized carbons (Fsp3) is 0.269. The van der Waals surface area contributed by atoms with Gasteiger partial charge >= 0.3 is 0 Å². The second kappa shape index (κ2) is 9.42. The number of aromatic nitrogens is 4. The number of aromatic amines is 1. The van der Waals surface area contributed by atoms with Gasteiger partial charge in [-0.25, -0.2) is 9.97 Å². The molecule has 0 unspecified atom stereocenters. The average molecular weight is 440 g/mol. The van der Waals surface area contributed by atoms with Gasteiger partial charge in [0.2, 0.25) is 5.95 Å². The fourth-order valence-corrected chi connectivity index (χ4v) is 4.13. The number of H-pyrrole nitrogens is 1. The molecule has 4 aromatic rings. The number of anilines is 3. The number of benzene rings is 2. The van der Waals surface area contributed by atoms with Crippen LogP contribution in [0, 0.1) is 0 Å². The van der Waals surface area contributed by atoms with Crippen LogP contribution in [-0.4, -0.2) is 58.3 Å². The smallest absolute Gasteiger partial charge is 0.227 e. The third-order valence-corrected chi connectivity index (χ3v) is 6.21. The molecule has 1 aliphatic rings. The van der Waals surface area contributed by atoms with Gasteiger partial charge in [-0.1, -0.05) is 31.2 Å². The molecule has 0 atom stereocenters. The lowest BCUT2D eigenvalue weighted by molar-refractivity contribution is 0.313. The van der Waals surface area contributed by atoms with Gasteiger partial charge in [0.15, 0.2) is 0 Å². The van der Waals surface area contributed by atoms with E-state index in [9.17, 15) is 0 Å². The van der Waals surface area contributed by atoms with Crippen molar-refractivity contribution in [3.63, 3.8) is 0 Å². The molecule has 7 heteroatoms. The molecule has 0 bridgehead atoms. The maximum absolute atomic E-state index is 4.75. The van der Waals surface area contributed by atoms with E-state index >= 15 is 0 Å². The van der Waals surface area contributed by atoms with Crippen molar-refractivity contribution in [2.24, 2.45) is 0 Å². The van der Waals surface area contributed by atoms with Crippen molar-refractivity contribution >= 4 is 17.3 Å². The summed E-state index contributed by atoms with van der Waals surface area (Å²) in [7, 11) is 2.17. The fourth-order valence-electron chi connectivity index (χ4n) is 4.13. The van der Waals surface area contributed by atoms with Crippen LogP contribution in [0.15, 0.2) is 67.0 Å². The Morgan fingerprint density at radius 3 is 2.42 bits per heavy atom. The minimum absolute atomic E-state index is 0.563. The number of nitrogens with one attached hydrogen (secondary N) is 2. The predicted molar refractivity (Wildman–Crippen MR) is 134 cm³/mol. The van der Waals surface area contributed by atoms with Crippen LogP contribution < -0.4 is 10.2 Å². The Morgan fingerprint density at radius 1 is 0.939 bits per heavy atom. The van der Waals surface area contributed by atoms with Gasteiger partial charge in [-0.3, -0.25) is 5.10 Å². The first-order chi connectivity index (χ1) is 16.2. The Labute approximate surface area is 194 Å². The third kappa shape index (κ3) is 4.73. The van der Waals surface area contributed by atoms with Crippen LogP contribution in [0.3, 0.4) is 0 Å². The molecule has 5 rings (SSSR count). The van der Waals surface area contributed by atoms with Crippen molar-refractivity contribution in [1.82, 2.24) is 25.1 Å². The van der Waals surface area contributed by atoms with E-state index in [4.69, 9.17) is 4.98 Å². The number of likely N-dealkylation sites (N-methyl/N-ethyl adjacent to an activating group) is 1. The highest BCUT2D eigenvalue weighted by Gasteiger charge is 2.15. The largest absolute Gasteiger partial charge is 0.369 e. The predicted octanol–water partition coefficient (Wildman–Crippen LogP) is 4.59. The molecule has 2 aromatic carbocycles. The van der Waals surface area contributed by atoms with E-state index in [0.29, 0.717) is 5.95 Å². The van der Waals surface area contributed by atoms with Gasteiger partial charge in [0.1, 0.15) is 0 Å². The zero-order valence-corrected chi connectivity index (χ0v) is 19.1. The number of rotatable bonds is 6. The highest BCUT2D eigenvalue weighted by Crippen LogP contribution is 2.30. The molecular formula is C26H29N7. The summed E-state index contributed by atoms with van der Waals surface area (Å²) < 4.78 is 0. The molecule has 3 heterocycles. The van der Waals surface area contributed by atoms with E-state index in [2.05, 4.69) is 92.8 Å². The maximum atomic E-state index is 4.75. The quantitative estimate of drug-likeness (QED) is 0.458. The molecule has 33 heavy (non-hydrogen) atoms. The van der Waals surface area contributed by atoms with Crippen molar-refractivity contribution in [2.75, 3.05) is 43.4 Å². The number of piperazine rings is 1. The molecule has 1 fully saturated rings. The molecule has 0 aliphatic carbocycles. The summed E-state index contributed by atoms with van der Waals surface area (Å²) in [6.45, 7) is 6.47. The standard InChI is InChI=1S/C26H29N7/c1-3-19-4-6-20(7-5-19)25-23(18-28-31-25)24-12-13-27-26(30-24)29-21-8-10-22(11-9-21)33-16-14-32(2)15-17-33/h4-13,18H,3,14-17H2,1-2H3,(H,28,31)(H,27,29,30). The van der Waals surface area contributed by atoms with E-state index in [1.165, 1.54) is 11.3 Å². The summed E-state index contributed by atoms with van der Waals surface area (Å²) in [4.78, 5) is 14.0.